The Hall–Kier alpha value is -1.74. The lowest BCUT2D eigenvalue weighted by Crippen LogP contribution is -2.25. The van der Waals surface area contributed by atoms with Gasteiger partial charge in [0.05, 0.1) is 12.4 Å². The number of hydrogen-bond acceptors (Lipinski definition) is 6. The molecule has 0 fully saturated rings. The fourth-order valence-corrected chi connectivity index (χ4v) is 2.14. The zero-order valence-corrected chi connectivity index (χ0v) is 10.5. The molecule has 5 N–H and O–H groups in total. The Morgan fingerprint density at radius 2 is 1.89 bits per heavy atom. The highest BCUT2D eigenvalue weighted by atomic mass is 32.2. The third kappa shape index (κ3) is 4.63. The van der Waals surface area contributed by atoms with E-state index in [0.717, 1.165) is 12.4 Å². The van der Waals surface area contributed by atoms with Crippen LogP contribution in [0.5, 0.6) is 0 Å². The number of carbonyl (C=O) groups is 1. The van der Waals surface area contributed by atoms with Gasteiger partial charge in [-0.05, 0) is 12.8 Å². The summed E-state index contributed by atoms with van der Waals surface area (Å²) in [4.78, 5) is 17.6. The number of aromatic nitrogens is 2. The Balaban J connectivity index is 2.45. The maximum Gasteiger partial charge on any atom is 0.243 e. The molecule has 1 aromatic heterocycles. The van der Waals surface area contributed by atoms with E-state index in [1.54, 1.807) is 0 Å². The Morgan fingerprint density at radius 3 is 2.44 bits per heavy atom. The molecule has 0 unspecified atom stereocenters. The van der Waals surface area contributed by atoms with Gasteiger partial charge >= 0.3 is 0 Å². The smallest absolute Gasteiger partial charge is 0.243 e. The summed E-state index contributed by atoms with van der Waals surface area (Å²) in [5.41, 5.74) is 10.2. The van der Waals surface area contributed by atoms with Crippen LogP contribution < -0.4 is 16.2 Å². The maximum atomic E-state index is 11.7. The van der Waals surface area contributed by atoms with Crippen LogP contribution >= 0.6 is 0 Å². The van der Waals surface area contributed by atoms with Crippen molar-refractivity contribution in [3.05, 3.63) is 12.4 Å². The molecule has 100 valence electrons. The van der Waals surface area contributed by atoms with E-state index < -0.39 is 15.9 Å². The van der Waals surface area contributed by atoms with Crippen LogP contribution in [0, 0.1) is 0 Å². The molecule has 1 amide bonds. The summed E-state index contributed by atoms with van der Waals surface area (Å²) >= 11 is 0. The molecule has 18 heavy (non-hydrogen) atoms. The molecule has 0 bridgehead atoms. The van der Waals surface area contributed by atoms with Gasteiger partial charge in [-0.15, -0.1) is 0 Å². The molecule has 0 spiro atoms. The van der Waals surface area contributed by atoms with Crippen LogP contribution in [0.15, 0.2) is 17.3 Å². The van der Waals surface area contributed by atoms with Crippen LogP contribution in [0.1, 0.15) is 19.3 Å². The average molecular weight is 273 g/mol. The number of hydrogen-bond donors (Lipinski definition) is 3. The quantitative estimate of drug-likeness (QED) is 0.544. The monoisotopic (exact) mass is 273 g/mol. The van der Waals surface area contributed by atoms with Crippen LogP contribution in [0.25, 0.3) is 0 Å². The minimum atomic E-state index is -3.62. The zero-order chi connectivity index (χ0) is 13.6. The van der Waals surface area contributed by atoms with Gasteiger partial charge in [-0.2, -0.15) is 0 Å². The second-order valence-corrected chi connectivity index (χ2v) is 5.37. The van der Waals surface area contributed by atoms with Crippen molar-refractivity contribution in [2.24, 2.45) is 5.73 Å². The summed E-state index contributed by atoms with van der Waals surface area (Å²) < 4.78 is 25.8. The van der Waals surface area contributed by atoms with Gasteiger partial charge in [0.2, 0.25) is 21.9 Å². The molecule has 0 aliphatic carbocycles. The van der Waals surface area contributed by atoms with E-state index in [1.165, 1.54) is 0 Å². The third-order valence-electron chi connectivity index (χ3n) is 2.10. The van der Waals surface area contributed by atoms with E-state index in [1.807, 2.05) is 0 Å². The fourth-order valence-electron chi connectivity index (χ4n) is 1.18. The molecule has 0 saturated carbocycles. The van der Waals surface area contributed by atoms with E-state index in [9.17, 15) is 13.2 Å². The predicted molar refractivity (Wildman–Crippen MR) is 64.7 cm³/mol. The van der Waals surface area contributed by atoms with Crippen molar-refractivity contribution >= 4 is 21.9 Å². The van der Waals surface area contributed by atoms with Crippen LogP contribution in [-0.2, 0) is 14.8 Å². The number of nitrogens with zero attached hydrogens (tertiary/aromatic N) is 2. The summed E-state index contributed by atoms with van der Waals surface area (Å²) in [7, 11) is -3.62. The number of sulfonamides is 1. The summed E-state index contributed by atoms with van der Waals surface area (Å²) in [6.07, 6.45) is 3.57. The van der Waals surface area contributed by atoms with Gasteiger partial charge in [0.25, 0.3) is 0 Å². The summed E-state index contributed by atoms with van der Waals surface area (Å²) in [5.74, 6) is -0.389. The molecule has 0 atom stereocenters. The molecule has 9 heteroatoms. The van der Waals surface area contributed by atoms with Crippen molar-refractivity contribution in [1.29, 1.82) is 0 Å². The molecule has 0 radical (unpaired) electrons. The molecule has 1 heterocycles. The van der Waals surface area contributed by atoms with Gasteiger partial charge in [-0.3, -0.25) is 4.79 Å². The van der Waals surface area contributed by atoms with E-state index >= 15 is 0 Å². The van der Waals surface area contributed by atoms with E-state index in [2.05, 4.69) is 14.7 Å². The van der Waals surface area contributed by atoms with Gasteiger partial charge in [-0.1, -0.05) is 0 Å². The number of rotatable bonds is 7. The molecule has 1 rings (SSSR count). The Bertz CT molecular complexity index is 499. The van der Waals surface area contributed by atoms with E-state index in [-0.39, 0.29) is 23.8 Å². The first-order valence-electron chi connectivity index (χ1n) is 5.27. The standard InChI is InChI=1S/C9H15N5O3S/c10-8(15)3-1-2-4-14-18(16,17)7-5-12-9(11)13-6-7/h5-6,14H,1-4H2,(H2,10,15)(H2,11,12,13). The highest BCUT2D eigenvalue weighted by Crippen LogP contribution is 2.06. The summed E-state index contributed by atoms with van der Waals surface area (Å²) in [6, 6.07) is 0. The lowest BCUT2D eigenvalue weighted by atomic mass is 10.2. The number of primary amides is 1. The molecular weight excluding hydrogens is 258 g/mol. The Kier molecular flexibility index (Phi) is 4.98. The number of carbonyl (C=O) groups excluding carboxylic acids is 1. The number of unbranched alkanes of at least 4 members (excludes halogenated alkanes) is 1. The SMILES string of the molecule is NC(=O)CCCCNS(=O)(=O)c1cnc(N)nc1. The maximum absolute atomic E-state index is 11.7. The highest BCUT2D eigenvalue weighted by molar-refractivity contribution is 7.89. The molecule has 0 saturated heterocycles. The molecule has 8 nitrogen and oxygen atoms in total. The average Bonchev–Trinajstić information content (AvgIpc) is 2.28. The zero-order valence-electron chi connectivity index (χ0n) is 9.67. The summed E-state index contributed by atoms with van der Waals surface area (Å²) in [6.45, 7) is 0.222. The van der Waals surface area contributed by atoms with Gasteiger partial charge in [0, 0.05) is 13.0 Å². The van der Waals surface area contributed by atoms with Crippen molar-refractivity contribution < 1.29 is 13.2 Å². The minimum absolute atomic E-state index is 0.00964. The molecule has 0 aliphatic heterocycles. The number of nitrogen functional groups attached to an aromatic ring is 1. The van der Waals surface area contributed by atoms with Gasteiger partial charge in [0.15, 0.2) is 0 Å². The van der Waals surface area contributed by atoms with Crippen molar-refractivity contribution in [2.75, 3.05) is 12.3 Å². The van der Waals surface area contributed by atoms with Crippen molar-refractivity contribution in [3.8, 4) is 0 Å². The van der Waals surface area contributed by atoms with Gasteiger partial charge in [0.1, 0.15) is 4.90 Å². The molecule has 0 aliphatic rings. The molecular formula is C9H15N5O3S. The predicted octanol–water partition coefficient (Wildman–Crippen LogP) is -1.01. The van der Waals surface area contributed by atoms with Crippen molar-refractivity contribution in [1.82, 2.24) is 14.7 Å². The lowest BCUT2D eigenvalue weighted by Gasteiger charge is -2.05. The largest absolute Gasteiger partial charge is 0.370 e. The first kappa shape index (κ1) is 14.3. The Labute approximate surface area is 105 Å². The highest BCUT2D eigenvalue weighted by Gasteiger charge is 2.13. The minimum Gasteiger partial charge on any atom is -0.370 e. The lowest BCUT2D eigenvalue weighted by molar-refractivity contribution is -0.118. The van der Waals surface area contributed by atoms with Crippen LogP contribution in [0.2, 0.25) is 0 Å². The van der Waals surface area contributed by atoms with E-state index in [4.69, 9.17) is 11.5 Å². The number of anilines is 1. The summed E-state index contributed by atoms with van der Waals surface area (Å²) in [5, 5.41) is 0. The number of nitrogens with two attached hydrogens (primary N) is 2. The van der Waals surface area contributed by atoms with Crippen molar-refractivity contribution in [2.45, 2.75) is 24.2 Å². The molecule has 1 aromatic rings. The first-order valence-corrected chi connectivity index (χ1v) is 6.75. The van der Waals surface area contributed by atoms with Crippen LogP contribution in [0.3, 0.4) is 0 Å². The second kappa shape index (κ2) is 6.26. The van der Waals surface area contributed by atoms with E-state index in [0.29, 0.717) is 12.8 Å². The van der Waals surface area contributed by atoms with Gasteiger partial charge < -0.3 is 11.5 Å². The first-order chi connectivity index (χ1) is 8.42. The number of amides is 1. The topological polar surface area (TPSA) is 141 Å². The van der Waals surface area contributed by atoms with Crippen molar-refractivity contribution in [3.63, 3.8) is 0 Å². The van der Waals surface area contributed by atoms with Crippen LogP contribution in [0.4, 0.5) is 5.95 Å². The normalized spacial score (nSPS) is 11.3. The Morgan fingerprint density at radius 1 is 1.28 bits per heavy atom. The number of nitrogens with one attached hydrogen (secondary N) is 1. The molecule has 0 aromatic carbocycles. The third-order valence-corrected chi connectivity index (χ3v) is 3.52. The second-order valence-electron chi connectivity index (χ2n) is 3.60. The van der Waals surface area contributed by atoms with Gasteiger partial charge in [-0.25, -0.2) is 23.1 Å². The fraction of sp³-hybridized carbons (Fsp3) is 0.444. The van der Waals surface area contributed by atoms with Crippen LogP contribution in [-0.4, -0.2) is 30.8 Å².